The zero-order valence-corrected chi connectivity index (χ0v) is 26.4. The number of benzene rings is 2. The summed E-state index contributed by atoms with van der Waals surface area (Å²) in [6.07, 6.45) is 3.44. The molecule has 204 valence electrons. The van der Waals surface area contributed by atoms with Crippen LogP contribution in [-0.2, 0) is 19.5 Å². The number of aliphatic hydroxyl groups excluding tert-OH is 2. The molecule has 41 heavy (non-hydrogen) atoms. The van der Waals surface area contributed by atoms with Crippen molar-refractivity contribution in [1.82, 2.24) is 40.3 Å². The predicted molar refractivity (Wildman–Crippen MR) is 154 cm³/mol. The number of hydrogen-bond acceptors (Lipinski definition) is 8. The Balaban J connectivity index is 0.000000251. The van der Waals surface area contributed by atoms with E-state index in [9.17, 15) is 0 Å². The van der Waals surface area contributed by atoms with Crippen molar-refractivity contribution < 1.29 is 29.7 Å². The van der Waals surface area contributed by atoms with Crippen molar-refractivity contribution in [3.05, 3.63) is 108 Å². The standard InChI is InChI=1S/2C14H11N4.2CH4O.Zn/c2*1-10-5-7-11(8-6-10)13-16-14(18-17-13)12-4-2-3-9-15-12;2*1-2;/h2*2-9H,1H3;2*2H,1H3;/q2*-1;;;+2. The van der Waals surface area contributed by atoms with E-state index < -0.39 is 0 Å². The summed E-state index contributed by atoms with van der Waals surface area (Å²) in [6, 6.07) is 27.4. The van der Waals surface area contributed by atoms with Crippen LogP contribution in [0.25, 0.3) is 45.8 Å². The molecule has 2 aromatic carbocycles. The fourth-order valence-electron chi connectivity index (χ4n) is 3.34. The maximum Gasteiger partial charge on any atom is 2.00 e. The fraction of sp³-hybridized carbons (Fsp3) is 0.133. The first-order valence-corrected chi connectivity index (χ1v) is 12.3. The van der Waals surface area contributed by atoms with E-state index in [1.165, 1.54) is 11.1 Å². The predicted octanol–water partition coefficient (Wildman–Crippen LogP) is 4.16. The van der Waals surface area contributed by atoms with E-state index in [-0.39, 0.29) is 19.5 Å². The molecule has 0 saturated heterocycles. The van der Waals surface area contributed by atoms with Crippen LogP contribution >= 0.6 is 0 Å². The maximum atomic E-state index is 7.00. The minimum Gasteiger partial charge on any atom is -0.417 e. The Kier molecular flexibility index (Phi) is 13.8. The molecule has 4 aromatic heterocycles. The summed E-state index contributed by atoms with van der Waals surface area (Å²) in [6.45, 7) is 4.10. The summed E-state index contributed by atoms with van der Waals surface area (Å²) in [7, 11) is 2.00. The molecule has 4 heterocycles. The van der Waals surface area contributed by atoms with Gasteiger partial charge in [-0.15, -0.1) is 0 Å². The number of nitrogens with zero attached hydrogens (tertiary/aromatic N) is 8. The molecule has 0 spiro atoms. The fourth-order valence-corrected chi connectivity index (χ4v) is 3.34. The third-order valence-electron chi connectivity index (χ3n) is 5.31. The van der Waals surface area contributed by atoms with Crippen LogP contribution in [0.4, 0.5) is 0 Å². The van der Waals surface area contributed by atoms with Gasteiger partial charge in [0.2, 0.25) is 0 Å². The van der Waals surface area contributed by atoms with Gasteiger partial charge in [0.15, 0.2) is 0 Å². The van der Waals surface area contributed by atoms with E-state index in [0.717, 1.165) is 36.7 Å². The molecule has 0 saturated carbocycles. The zero-order valence-electron chi connectivity index (χ0n) is 23.4. The number of pyridine rings is 2. The van der Waals surface area contributed by atoms with Crippen molar-refractivity contribution >= 4 is 0 Å². The Hall–Kier alpha value is -4.44. The van der Waals surface area contributed by atoms with Crippen molar-refractivity contribution in [3.8, 4) is 45.8 Å². The average molecular weight is 600 g/mol. The molecule has 0 aliphatic heterocycles. The second-order valence-corrected chi connectivity index (χ2v) is 8.08. The van der Waals surface area contributed by atoms with Gasteiger partial charge in [-0.1, -0.05) is 71.8 Å². The van der Waals surface area contributed by atoms with Gasteiger partial charge in [-0.05, 0) is 60.9 Å². The first-order valence-electron chi connectivity index (χ1n) is 12.3. The Morgan fingerprint density at radius 3 is 1.20 bits per heavy atom. The number of hydrogen-bond donors (Lipinski definition) is 2. The summed E-state index contributed by atoms with van der Waals surface area (Å²) in [4.78, 5) is 17.2. The molecule has 0 radical (unpaired) electrons. The van der Waals surface area contributed by atoms with E-state index in [1.54, 1.807) is 12.4 Å². The summed E-state index contributed by atoms with van der Waals surface area (Å²) < 4.78 is 0. The molecule has 0 aliphatic carbocycles. The van der Waals surface area contributed by atoms with Gasteiger partial charge >= 0.3 is 19.5 Å². The summed E-state index contributed by atoms with van der Waals surface area (Å²) >= 11 is 0. The molecule has 11 heteroatoms. The minimum atomic E-state index is 0. The van der Waals surface area contributed by atoms with Gasteiger partial charge in [0.25, 0.3) is 0 Å². The van der Waals surface area contributed by atoms with Gasteiger partial charge < -0.3 is 30.4 Å². The van der Waals surface area contributed by atoms with Crippen LogP contribution in [0.1, 0.15) is 11.1 Å². The van der Waals surface area contributed by atoms with Crippen molar-refractivity contribution in [1.29, 1.82) is 0 Å². The average Bonchev–Trinajstić information content (AvgIpc) is 3.73. The first kappa shape index (κ1) is 32.8. The molecule has 6 rings (SSSR count). The van der Waals surface area contributed by atoms with E-state index in [4.69, 9.17) is 10.2 Å². The molecule has 6 aromatic rings. The van der Waals surface area contributed by atoms with Crippen molar-refractivity contribution in [2.45, 2.75) is 13.8 Å². The minimum absolute atomic E-state index is 0. The van der Waals surface area contributed by atoms with E-state index in [2.05, 4.69) is 40.3 Å². The number of rotatable bonds is 4. The van der Waals surface area contributed by atoms with Gasteiger partial charge in [-0.2, -0.15) is 0 Å². The van der Waals surface area contributed by atoms with Crippen LogP contribution in [0.15, 0.2) is 97.3 Å². The molecule has 0 aliphatic rings. The summed E-state index contributed by atoms with van der Waals surface area (Å²) in [5, 5.41) is 30.3. The first-order chi connectivity index (χ1) is 19.7. The van der Waals surface area contributed by atoms with Crippen molar-refractivity contribution in [2.75, 3.05) is 14.2 Å². The molecule has 0 unspecified atom stereocenters. The molecule has 0 bridgehead atoms. The van der Waals surface area contributed by atoms with Gasteiger partial charge in [-0.3, -0.25) is 20.2 Å². The molecule has 0 atom stereocenters. The van der Waals surface area contributed by atoms with Crippen LogP contribution in [-0.4, -0.2) is 54.6 Å². The van der Waals surface area contributed by atoms with Gasteiger partial charge in [0.1, 0.15) is 0 Å². The van der Waals surface area contributed by atoms with Crippen molar-refractivity contribution in [3.63, 3.8) is 0 Å². The van der Waals surface area contributed by atoms with Gasteiger partial charge in [0, 0.05) is 26.6 Å². The zero-order chi connectivity index (χ0) is 28.7. The SMILES string of the molecule is CO.CO.Cc1ccc(-c2n[n-]c(-c3ccccn3)n2)cc1.Cc1ccc(-c2n[n-]c(-c3ccccn3)n2)cc1.[Zn+2]. The van der Waals surface area contributed by atoms with Crippen molar-refractivity contribution in [2.24, 2.45) is 0 Å². The van der Waals surface area contributed by atoms with Crippen LogP contribution in [0.2, 0.25) is 0 Å². The Bertz CT molecular complexity index is 1420. The quantitative estimate of drug-likeness (QED) is 0.283. The summed E-state index contributed by atoms with van der Waals surface area (Å²) in [5.74, 6) is 2.39. The van der Waals surface area contributed by atoms with Gasteiger partial charge in [-0.25, -0.2) is 0 Å². The van der Waals surface area contributed by atoms with E-state index in [1.807, 2.05) is 98.8 Å². The largest absolute Gasteiger partial charge is 2.00 e. The third kappa shape index (κ3) is 9.32. The second-order valence-electron chi connectivity index (χ2n) is 8.08. The summed E-state index contributed by atoms with van der Waals surface area (Å²) in [5.41, 5.74) is 5.84. The maximum absolute atomic E-state index is 7.00. The third-order valence-corrected chi connectivity index (χ3v) is 5.31. The number of aliphatic hydroxyl groups is 2. The molecule has 0 fully saturated rings. The number of aryl methyl sites for hydroxylation is 2. The molecule has 0 amide bonds. The molecular formula is C30H30N8O2Zn. The van der Waals surface area contributed by atoms with E-state index >= 15 is 0 Å². The molecular weight excluding hydrogens is 570 g/mol. The van der Waals surface area contributed by atoms with Crippen LogP contribution < -0.4 is 10.2 Å². The van der Waals surface area contributed by atoms with Crippen LogP contribution in [0.5, 0.6) is 0 Å². The normalized spacial score (nSPS) is 9.51. The smallest absolute Gasteiger partial charge is 0.417 e. The monoisotopic (exact) mass is 598 g/mol. The topological polar surface area (TPSA) is 146 Å². The van der Waals surface area contributed by atoms with E-state index in [0.29, 0.717) is 23.3 Å². The van der Waals surface area contributed by atoms with Crippen LogP contribution in [0.3, 0.4) is 0 Å². The second kappa shape index (κ2) is 17.3. The molecule has 10 nitrogen and oxygen atoms in total. The molecule has 2 N–H and O–H groups in total. The Morgan fingerprint density at radius 1 is 0.512 bits per heavy atom. The number of aromatic nitrogens is 8. The van der Waals surface area contributed by atoms with Gasteiger partial charge in [0.05, 0.1) is 23.0 Å². The Labute approximate surface area is 251 Å². The van der Waals surface area contributed by atoms with Crippen LogP contribution in [0, 0.1) is 13.8 Å². The Morgan fingerprint density at radius 2 is 0.878 bits per heavy atom.